The van der Waals surface area contributed by atoms with E-state index in [2.05, 4.69) is 4.98 Å². The van der Waals surface area contributed by atoms with E-state index in [1.807, 2.05) is 18.2 Å². The molecule has 0 radical (unpaired) electrons. The molecule has 1 unspecified atom stereocenters. The molecule has 18 heavy (non-hydrogen) atoms. The third-order valence-electron chi connectivity index (χ3n) is 2.65. The van der Waals surface area contributed by atoms with E-state index in [0.29, 0.717) is 11.3 Å². The number of hydrogen-bond acceptors (Lipinski definition) is 4. The molecule has 3 rings (SSSR count). The summed E-state index contributed by atoms with van der Waals surface area (Å²) in [6, 6.07) is 10.3. The van der Waals surface area contributed by atoms with Gasteiger partial charge in [0.2, 0.25) is 0 Å². The summed E-state index contributed by atoms with van der Waals surface area (Å²) in [5.41, 5.74) is 1.57. The lowest BCUT2D eigenvalue weighted by atomic mass is 10.2. The summed E-state index contributed by atoms with van der Waals surface area (Å²) in [5, 5.41) is 0.767. The number of benzene rings is 1. The van der Waals surface area contributed by atoms with E-state index >= 15 is 0 Å². The van der Waals surface area contributed by atoms with Crippen molar-refractivity contribution in [3.8, 4) is 11.3 Å². The molecule has 0 saturated carbocycles. The zero-order chi connectivity index (χ0) is 12.5. The number of fused-ring (bicyclic) bond motifs is 1. The summed E-state index contributed by atoms with van der Waals surface area (Å²) in [4.78, 5) is 4.19. The van der Waals surface area contributed by atoms with Crippen LogP contribution in [-0.4, -0.2) is 13.7 Å². The Kier molecular flexibility index (Phi) is 2.70. The molecule has 0 saturated heterocycles. The standard InChI is InChI=1S/C13H9NO3S/c15-18(16)11-1-2-12-10(7-11)8-13(17-12)9-3-5-14-6-4-9/h1-8H,(H,15,16)/p-1. The monoisotopic (exact) mass is 258 g/mol. The Morgan fingerprint density at radius 3 is 2.61 bits per heavy atom. The van der Waals surface area contributed by atoms with Crippen LogP contribution in [0, 0.1) is 0 Å². The summed E-state index contributed by atoms with van der Waals surface area (Å²) < 4.78 is 27.4. The van der Waals surface area contributed by atoms with Gasteiger partial charge in [0.1, 0.15) is 11.3 Å². The van der Waals surface area contributed by atoms with Crippen LogP contribution in [0.2, 0.25) is 0 Å². The molecule has 1 atom stereocenters. The molecule has 0 aliphatic rings. The second-order valence-corrected chi connectivity index (χ2v) is 4.72. The molecule has 2 aromatic heterocycles. The van der Waals surface area contributed by atoms with E-state index in [9.17, 15) is 8.76 Å². The minimum Gasteiger partial charge on any atom is -0.768 e. The quantitative estimate of drug-likeness (QED) is 0.663. The summed E-state index contributed by atoms with van der Waals surface area (Å²) in [5.74, 6) is 0.696. The largest absolute Gasteiger partial charge is 0.768 e. The molecule has 0 bridgehead atoms. The molecule has 0 spiro atoms. The van der Waals surface area contributed by atoms with Crippen LogP contribution in [0.4, 0.5) is 0 Å². The van der Waals surface area contributed by atoms with Crippen molar-refractivity contribution < 1.29 is 13.2 Å². The van der Waals surface area contributed by atoms with Gasteiger partial charge < -0.3 is 8.97 Å². The number of rotatable bonds is 2. The summed E-state index contributed by atoms with van der Waals surface area (Å²) >= 11 is -2.22. The van der Waals surface area contributed by atoms with Gasteiger partial charge in [-0.25, -0.2) is 0 Å². The van der Waals surface area contributed by atoms with Gasteiger partial charge in [0, 0.05) is 28.2 Å². The SMILES string of the molecule is O=S([O-])c1ccc2oc(-c3ccncc3)cc2c1. The van der Waals surface area contributed by atoms with Crippen LogP contribution in [0.3, 0.4) is 0 Å². The number of hydrogen-bond donors (Lipinski definition) is 0. The summed E-state index contributed by atoms with van der Waals surface area (Å²) in [6.45, 7) is 0. The summed E-state index contributed by atoms with van der Waals surface area (Å²) in [6.07, 6.45) is 3.36. The van der Waals surface area contributed by atoms with Crippen molar-refractivity contribution in [1.29, 1.82) is 0 Å². The first-order valence-electron chi connectivity index (χ1n) is 5.27. The van der Waals surface area contributed by atoms with Crippen molar-refractivity contribution in [2.75, 3.05) is 0 Å². The second kappa shape index (κ2) is 4.36. The van der Waals surface area contributed by atoms with E-state index in [1.54, 1.807) is 24.5 Å². The van der Waals surface area contributed by atoms with E-state index in [1.165, 1.54) is 6.07 Å². The van der Waals surface area contributed by atoms with Crippen molar-refractivity contribution in [2.24, 2.45) is 0 Å². The predicted molar refractivity (Wildman–Crippen MR) is 66.6 cm³/mol. The van der Waals surface area contributed by atoms with Gasteiger partial charge in [0.05, 0.1) is 0 Å². The van der Waals surface area contributed by atoms with Gasteiger partial charge in [-0.05, 0) is 47.5 Å². The van der Waals surface area contributed by atoms with Crippen LogP contribution >= 0.6 is 0 Å². The Hall–Kier alpha value is -1.98. The molecule has 0 aliphatic heterocycles. The van der Waals surface area contributed by atoms with Crippen LogP contribution in [0.15, 0.2) is 58.1 Å². The summed E-state index contributed by atoms with van der Waals surface area (Å²) in [7, 11) is 0. The highest BCUT2D eigenvalue weighted by molar-refractivity contribution is 7.79. The minimum atomic E-state index is -2.22. The van der Waals surface area contributed by atoms with Crippen LogP contribution in [0.1, 0.15) is 0 Å². The zero-order valence-electron chi connectivity index (χ0n) is 9.20. The molecule has 0 aliphatic carbocycles. The molecule has 2 heterocycles. The van der Waals surface area contributed by atoms with E-state index < -0.39 is 11.1 Å². The zero-order valence-corrected chi connectivity index (χ0v) is 10.0. The third-order valence-corrected chi connectivity index (χ3v) is 3.28. The van der Waals surface area contributed by atoms with Crippen molar-refractivity contribution >= 4 is 22.0 Å². The second-order valence-electron chi connectivity index (χ2n) is 3.78. The highest BCUT2D eigenvalue weighted by Crippen LogP contribution is 2.28. The Morgan fingerprint density at radius 1 is 1.11 bits per heavy atom. The Labute approximate surface area is 106 Å². The molecular weight excluding hydrogens is 250 g/mol. The average Bonchev–Trinajstić information content (AvgIpc) is 2.82. The Balaban J connectivity index is 2.14. The van der Waals surface area contributed by atoms with Gasteiger partial charge in [0.15, 0.2) is 0 Å². The van der Waals surface area contributed by atoms with Gasteiger partial charge in [-0.3, -0.25) is 9.19 Å². The maximum Gasteiger partial charge on any atom is 0.135 e. The van der Waals surface area contributed by atoms with Crippen molar-refractivity contribution in [3.63, 3.8) is 0 Å². The lowest BCUT2D eigenvalue weighted by Crippen LogP contribution is -1.86. The van der Waals surface area contributed by atoms with Crippen molar-refractivity contribution in [1.82, 2.24) is 4.98 Å². The molecule has 4 nitrogen and oxygen atoms in total. The van der Waals surface area contributed by atoms with Crippen molar-refractivity contribution in [3.05, 3.63) is 48.8 Å². The molecular formula is C13H8NO3S-. The predicted octanol–water partition coefficient (Wildman–Crippen LogP) is 2.73. The van der Waals surface area contributed by atoms with Gasteiger partial charge in [0.25, 0.3) is 0 Å². The minimum absolute atomic E-state index is 0.254. The maximum absolute atomic E-state index is 10.9. The number of furan rings is 1. The van der Waals surface area contributed by atoms with Crippen LogP contribution in [0.5, 0.6) is 0 Å². The van der Waals surface area contributed by atoms with E-state index in [-0.39, 0.29) is 4.90 Å². The fraction of sp³-hybridized carbons (Fsp3) is 0. The Bertz CT molecular complexity index is 721. The van der Waals surface area contributed by atoms with Crippen LogP contribution in [-0.2, 0) is 11.1 Å². The first-order valence-corrected chi connectivity index (χ1v) is 6.35. The molecule has 3 aromatic rings. The lowest BCUT2D eigenvalue weighted by Gasteiger charge is -2.03. The average molecular weight is 258 g/mol. The van der Waals surface area contributed by atoms with Gasteiger partial charge in [-0.2, -0.15) is 0 Å². The molecule has 0 amide bonds. The fourth-order valence-corrected chi connectivity index (χ4v) is 2.19. The van der Waals surface area contributed by atoms with E-state index in [4.69, 9.17) is 4.42 Å². The normalized spacial score (nSPS) is 12.7. The van der Waals surface area contributed by atoms with Gasteiger partial charge in [-0.1, -0.05) is 0 Å². The molecule has 0 N–H and O–H groups in total. The maximum atomic E-state index is 10.9. The van der Waals surface area contributed by atoms with Gasteiger partial charge in [-0.15, -0.1) is 0 Å². The van der Waals surface area contributed by atoms with Crippen LogP contribution < -0.4 is 0 Å². The number of nitrogens with zero attached hydrogens (tertiary/aromatic N) is 1. The highest BCUT2D eigenvalue weighted by Gasteiger charge is 2.06. The number of aromatic nitrogens is 1. The fourth-order valence-electron chi connectivity index (χ4n) is 1.78. The lowest BCUT2D eigenvalue weighted by molar-refractivity contribution is 0.537. The highest BCUT2D eigenvalue weighted by atomic mass is 32.2. The molecule has 1 aromatic carbocycles. The van der Waals surface area contributed by atoms with Crippen molar-refractivity contribution in [2.45, 2.75) is 4.90 Å². The Morgan fingerprint density at radius 2 is 1.89 bits per heavy atom. The van der Waals surface area contributed by atoms with Gasteiger partial charge >= 0.3 is 0 Å². The third kappa shape index (κ3) is 1.94. The first kappa shape index (κ1) is 11.1. The molecule has 0 fully saturated rings. The molecule has 90 valence electrons. The first-order chi connectivity index (χ1) is 8.74. The van der Waals surface area contributed by atoms with E-state index in [0.717, 1.165) is 10.9 Å². The topological polar surface area (TPSA) is 66.2 Å². The molecule has 5 heteroatoms. The van der Waals surface area contributed by atoms with Crippen LogP contribution in [0.25, 0.3) is 22.3 Å². The number of pyridine rings is 1. The smallest absolute Gasteiger partial charge is 0.135 e.